The van der Waals surface area contributed by atoms with E-state index in [-0.39, 0.29) is 26.3 Å². The van der Waals surface area contributed by atoms with E-state index in [0.29, 0.717) is 19.6 Å². The van der Waals surface area contributed by atoms with Crippen LogP contribution in [-0.4, -0.2) is 92.8 Å². The van der Waals surface area contributed by atoms with Crippen LogP contribution >= 0.6 is 0 Å². The summed E-state index contributed by atoms with van der Waals surface area (Å²) >= 11 is 0. The van der Waals surface area contributed by atoms with Crippen molar-refractivity contribution < 1.29 is 78.2 Å². The predicted molar refractivity (Wildman–Crippen MR) is 70.1 cm³/mol. The molecule has 0 rings (SSSR count). The second-order valence-electron chi connectivity index (χ2n) is 4.72. The maximum absolute atomic E-state index is 9.34. The van der Waals surface area contributed by atoms with Crippen LogP contribution in [0.15, 0.2) is 12.7 Å². The number of aliphatic hydroxyl groups is 4. The Bertz CT molecular complexity index is 306. The minimum Gasteiger partial charge on any atom is -0.394 e. The summed E-state index contributed by atoms with van der Waals surface area (Å²) in [4.78, 5) is 1.79. The van der Waals surface area contributed by atoms with Gasteiger partial charge in [-0.2, -0.15) is 28.0 Å². The lowest BCUT2D eigenvalue weighted by Crippen LogP contribution is -2.58. The number of hydrogen-bond donors (Lipinski definition) is 7. The van der Waals surface area contributed by atoms with Crippen molar-refractivity contribution in [2.45, 2.75) is 12.2 Å². The molecule has 2 atom stereocenters. The molecule has 0 saturated carbocycles. The molecule has 2 unspecified atom stereocenters. The first-order chi connectivity index (χ1) is 12.1. The fourth-order valence-corrected chi connectivity index (χ4v) is 1.41. The predicted octanol–water partition coefficient (Wildman–Crippen LogP) is -10.5. The maximum Gasteiger partial charge on any atom is 0.0897 e. The second kappa shape index (κ2) is 17.8. The molecule has 14 nitrogen and oxygen atoms in total. The van der Waals surface area contributed by atoms with Crippen molar-refractivity contribution in [3.8, 4) is 0 Å². The van der Waals surface area contributed by atoms with Gasteiger partial charge < -0.3 is 25.7 Å². The fourth-order valence-electron chi connectivity index (χ4n) is 1.41. The molecule has 0 radical (unpaired) electrons. The van der Waals surface area contributed by atoms with Crippen molar-refractivity contribution in [1.82, 2.24) is 10.2 Å². The van der Waals surface area contributed by atoms with Gasteiger partial charge in [-0.1, -0.05) is 6.08 Å². The lowest BCUT2D eigenvalue weighted by molar-refractivity contribution is -1.92. The fraction of sp³-hybridized carbons (Fsp3) is 0.818. The molecule has 16 heteroatoms. The summed E-state index contributed by atoms with van der Waals surface area (Å²) in [5.74, 6) is 0. The molecule has 0 aromatic heterocycles. The van der Waals surface area contributed by atoms with Crippen LogP contribution in [-0.2, 0) is 0 Å². The topological polar surface area (TPSA) is 275 Å². The maximum atomic E-state index is 9.34. The molecule has 27 heavy (non-hydrogen) atoms. The van der Waals surface area contributed by atoms with Crippen molar-refractivity contribution in [1.29, 1.82) is 0 Å². The summed E-state index contributed by atoms with van der Waals surface area (Å²) in [6.45, 7) is 5.47. The SMILES string of the molecule is C=CCNCCN(CC(O)CO)CC(O)CO.[O-][Cl+3]([O-])([O-])O.[O-][Cl+3]([O-])([O-])O. The van der Waals surface area contributed by atoms with Gasteiger partial charge in [0.25, 0.3) is 0 Å². The molecule has 0 aromatic carbocycles. The van der Waals surface area contributed by atoms with Gasteiger partial charge in [-0.15, -0.1) is 6.58 Å². The first-order valence-electron chi connectivity index (χ1n) is 7.02. The van der Waals surface area contributed by atoms with E-state index in [1.807, 2.05) is 0 Å². The highest BCUT2D eigenvalue weighted by Gasteiger charge is 2.14. The number of hydrogen-bond acceptors (Lipinski definition) is 14. The van der Waals surface area contributed by atoms with Gasteiger partial charge in [-0.25, -0.2) is 0 Å². The lowest BCUT2D eigenvalue weighted by Gasteiger charge is -2.26. The van der Waals surface area contributed by atoms with Crippen LogP contribution in [0.5, 0.6) is 0 Å². The van der Waals surface area contributed by atoms with E-state index in [1.165, 1.54) is 0 Å². The number of halogens is 2. The number of rotatable bonds is 11. The Morgan fingerprint density at radius 3 is 1.48 bits per heavy atom. The Hall–Kier alpha value is -0.240. The van der Waals surface area contributed by atoms with Crippen LogP contribution in [0, 0.1) is 20.5 Å². The second-order valence-corrected chi connectivity index (χ2v) is 6.30. The minimum absolute atomic E-state index is 0.267. The number of nitrogens with one attached hydrogen (secondary N) is 1. The van der Waals surface area contributed by atoms with Gasteiger partial charge in [0, 0.05) is 32.7 Å². The number of nitrogens with zero attached hydrogens (tertiary/aromatic N) is 1. The third-order valence-electron chi connectivity index (χ3n) is 2.25. The Balaban J connectivity index is -0.000000471. The normalized spacial score (nSPS) is 13.8. The Morgan fingerprint density at radius 1 is 0.889 bits per heavy atom. The van der Waals surface area contributed by atoms with Crippen molar-refractivity contribution in [3.05, 3.63) is 12.7 Å². The molecule has 0 heterocycles. The zero-order valence-corrected chi connectivity index (χ0v) is 15.7. The molecule has 0 bridgehead atoms. The molecular weight excluding hydrogens is 423 g/mol. The van der Waals surface area contributed by atoms with Crippen LogP contribution in [0.4, 0.5) is 0 Å². The van der Waals surface area contributed by atoms with Crippen molar-refractivity contribution in [2.75, 3.05) is 45.9 Å². The molecule has 0 fully saturated rings. The van der Waals surface area contributed by atoms with E-state index in [4.69, 9.17) is 47.5 Å². The molecule has 0 saturated heterocycles. The average Bonchev–Trinajstić information content (AvgIpc) is 2.47. The molecule has 166 valence electrons. The summed E-state index contributed by atoms with van der Waals surface area (Å²) in [7, 11) is -9.39. The van der Waals surface area contributed by atoms with E-state index in [2.05, 4.69) is 11.9 Å². The minimum atomic E-state index is -4.69. The Labute approximate surface area is 159 Å². The zero-order chi connectivity index (χ0) is 22.1. The molecule has 0 spiro atoms. The van der Waals surface area contributed by atoms with E-state index >= 15 is 0 Å². The van der Waals surface area contributed by atoms with Gasteiger partial charge in [0.05, 0.1) is 55.2 Å². The van der Waals surface area contributed by atoms with Crippen molar-refractivity contribution in [3.63, 3.8) is 0 Å². The first-order valence-corrected chi connectivity index (χ1v) is 9.55. The smallest absolute Gasteiger partial charge is 0.0897 e. The molecule has 0 amide bonds. The number of aliphatic hydroxyl groups excluding tert-OH is 4. The molecule has 7 N–H and O–H groups in total. The van der Waals surface area contributed by atoms with Gasteiger partial charge in [-0.05, 0) is 0 Å². The average molecular weight is 449 g/mol. The largest absolute Gasteiger partial charge is 0.394 e. The summed E-state index contributed by atoms with van der Waals surface area (Å²) < 4.78 is 65.4. The van der Waals surface area contributed by atoms with E-state index in [9.17, 15) is 10.2 Å². The highest BCUT2D eigenvalue weighted by atomic mass is 35.7. The Kier molecular flexibility index (Phi) is 20.8. The van der Waals surface area contributed by atoms with E-state index in [1.54, 1.807) is 11.0 Å². The van der Waals surface area contributed by atoms with Gasteiger partial charge in [0.15, 0.2) is 0 Å². The Morgan fingerprint density at radius 2 is 1.22 bits per heavy atom. The van der Waals surface area contributed by atoms with Crippen molar-refractivity contribution in [2.24, 2.45) is 0 Å². The molecule has 0 aromatic rings. The summed E-state index contributed by atoms with van der Waals surface area (Å²) in [5.41, 5.74) is 0. The van der Waals surface area contributed by atoms with E-state index in [0.717, 1.165) is 0 Å². The molecule has 0 aliphatic heterocycles. The zero-order valence-electron chi connectivity index (χ0n) is 14.2. The summed E-state index contributed by atoms with van der Waals surface area (Å²) in [5, 5.41) is 39.3. The van der Waals surface area contributed by atoms with Crippen LogP contribution in [0.25, 0.3) is 0 Å². The quantitative estimate of drug-likeness (QED) is 0.114. The van der Waals surface area contributed by atoms with E-state index < -0.39 is 32.7 Å². The highest BCUT2D eigenvalue weighted by molar-refractivity contribution is 4.72. The highest BCUT2D eigenvalue weighted by Crippen LogP contribution is 1.95. The van der Waals surface area contributed by atoms with Gasteiger partial charge in [0.1, 0.15) is 0 Å². The molecular formula is C11H26Cl2N2O12. The van der Waals surface area contributed by atoms with Gasteiger partial charge >= 0.3 is 0 Å². The van der Waals surface area contributed by atoms with Gasteiger partial charge in [-0.3, -0.25) is 4.90 Å². The van der Waals surface area contributed by atoms with Crippen molar-refractivity contribution >= 4 is 0 Å². The first kappa shape index (κ1) is 31.5. The summed E-state index contributed by atoms with van der Waals surface area (Å²) in [6, 6.07) is 0. The summed E-state index contributed by atoms with van der Waals surface area (Å²) in [6.07, 6.45) is 0.0794. The van der Waals surface area contributed by atoms with Crippen LogP contribution < -0.4 is 33.3 Å². The molecule has 0 aliphatic rings. The third-order valence-corrected chi connectivity index (χ3v) is 2.25. The monoisotopic (exact) mass is 448 g/mol. The molecule has 0 aliphatic carbocycles. The van der Waals surface area contributed by atoms with Crippen LogP contribution in [0.3, 0.4) is 0 Å². The van der Waals surface area contributed by atoms with Crippen LogP contribution in [0.1, 0.15) is 0 Å². The van der Waals surface area contributed by atoms with Crippen LogP contribution in [0.2, 0.25) is 0 Å². The standard InChI is InChI=1S/C11H24N2O4.2ClHO4/c1-2-3-12-4-5-13(6-10(16)8-14)7-11(17)9-15;2*2-1(3,4)5/h2,10-12,14-17H,1,3-9H2;2*(H,2,3,4,5). The van der Waals surface area contributed by atoms with Gasteiger partial charge in [0.2, 0.25) is 0 Å². The third kappa shape index (κ3) is 46.1. The lowest BCUT2D eigenvalue weighted by atomic mass is 10.3.